The summed E-state index contributed by atoms with van der Waals surface area (Å²) in [6.07, 6.45) is -0.909. The summed E-state index contributed by atoms with van der Waals surface area (Å²) in [6, 6.07) is 9.07. The fourth-order valence-electron chi connectivity index (χ4n) is 1.89. The van der Waals surface area contributed by atoms with E-state index in [1.54, 1.807) is 31.4 Å². The summed E-state index contributed by atoms with van der Waals surface area (Å²) < 4.78 is 32.2. The van der Waals surface area contributed by atoms with Crippen LogP contribution >= 0.6 is 15.9 Å². The van der Waals surface area contributed by atoms with E-state index in [9.17, 15) is 13.9 Å². The van der Waals surface area contributed by atoms with Crippen LogP contribution in [0, 0.1) is 11.6 Å². The quantitative estimate of drug-likeness (QED) is 0.850. The molecule has 0 aliphatic carbocycles. The van der Waals surface area contributed by atoms with Crippen LogP contribution in [-0.4, -0.2) is 12.2 Å². The molecule has 0 saturated heterocycles. The number of aliphatic hydroxyl groups excluding tert-OH is 1. The second kappa shape index (κ2) is 6.33. The van der Waals surface area contributed by atoms with Crippen molar-refractivity contribution in [2.24, 2.45) is 0 Å². The average molecular weight is 343 g/mol. The van der Waals surface area contributed by atoms with Gasteiger partial charge in [-0.3, -0.25) is 0 Å². The van der Waals surface area contributed by atoms with Crippen LogP contribution in [0.1, 0.15) is 17.2 Å². The molecule has 20 heavy (non-hydrogen) atoms. The Morgan fingerprint density at radius 2 is 1.80 bits per heavy atom. The van der Waals surface area contributed by atoms with Gasteiger partial charge in [0.05, 0.1) is 17.7 Å². The van der Waals surface area contributed by atoms with Crippen LogP contribution in [0.4, 0.5) is 8.78 Å². The Morgan fingerprint density at radius 1 is 1.15 bits per heavy atom. The predicted molar refractivity (Wildman–Crippen MR) is 75.7 cm³/mol. The maximum Gasteiger partial charge on any atom is 0.137 e. The highest BCUT2D eigenvalue weighted by atomic mass is 79.9. The average Bonchev–Trinajstić information content (AvgIpc) is 2.43. The lowest BCUT2D eigenvalue weighted by atomic mass is 10.0. The van der Waals surface area contributed by atoms with Crippen molar-refractivity contribution < 1.29 is 18.6 Å². The van der Waals surface area contributed by atoms with Gasteiger partial charge in [0.15, 0.2) is 0 Å². The standard InChI is InChI=1S/C15H13BrF2O2/c1-20-10-4-2-9(3-5-10)6-15(19)11-7-14(18)12(16)8-13(11)17/h2-5,7-8,15,19H,6H2,1H3. The Morgan fingerprint density at radius 3 is 2.40 bits per heavy atom. The van der Waals surface area contributed by atoms with Crippen LogP contribution in [0.15, 0.2) is 40.9 Å². The lowest BCUT2D eigenvalue weighted by Crippen LogP contribution is -2.05. The van der Waals surface area contributed by atoms with Crippen LogP contribution in [0.5, 0.6) is 5.75 Å². The van der Waals surface area contributed by atoms with Crippen LogP contribution in [-0.2, 0) is 6.42 Å². The molecule has 0 aromatic heterocycles. The molecule has 2 rings (SSSR count). The molecule has 0 aliphatic rings. The molecule has 0 heterocycles. The Bertz CT molecular complexity index is 600. The second-order valence-electron chi connectivity index (χ2n) is 4.36. The van der Waals surface area contributed by atoms with E-state index in [-0.39, 0.29) is 16.5 Å². The largest absolute Gasteiger partial charge is 0.497 e. The molecule has 2 nitrogen and oxygen atoms in total. The Balaban J connectivity index is 2.18. The Hall–Kier alpha value is -1.46. The number of ether oxygens (including phenoxy) is 1. The van der Waals surface area contributed by atoms with E-state index in [0.29, 0.717) is 5.75 Å². The van der Waals surface area contributed by atoms with Crippen molar-refractivity contribution in [2.45, 2.75) is 12.5 Å². The number of aliphatic hydroxyl groups is 1. The predicted octanol–water partition coefficient (Wildman–Crippen LogP) is 4.01. The number of halogens is 3. The molecule has 0 saturated carbocycles. The summed E-state index contributed by atoms with van der Waals surface area (Å²) >= 11 is 2.90. The molecule has 5 heteroatoms. The van der Waals surface area contributed by atoms with Crippen molar-refractivity contribution >= 4 is 15.9 Å². The van der Waals surface area contributed by atoms with Crippen molar-refractivity contribution in [1.82, 2.24) is 0 Å². The molecule has 0 amide bonds. The SMILES string of the molecule is COc1ccc(CC(O)c2cc(F)c(Br)cc2F)cc1. The minimum atomic E-state index is -1.11. The monoisotopic (exact) mass is 342 g/mol. The van der Waals surface area contributed by atoms with Gasteiger partial charge < -0.3 is 9.84 Å². The molecule has 0 fully saturated rings. The van der Waals surface area contributed by atoms with Gasteiger partial charge in [-0.1, -0.05) is 12.1 Å². The minimum absolute atomic E-state index is 0.0374. The van der Waals surface area contributed by atoms with E-state index >= 15 is 0 Å². The van der Waals surface area contributed by atoms with Gasteiger partial charge >= 0.3 is 0 Å². The van der Waals surface area contributed by atoms with Gasteiger partial charge in [-0.15, -0.1) is 0 Å². The fourth-order valence-corrected chi connectivity index (χ4v) is 2.20. The zero-order valence-corrected chi connectivity index (χ0v) is 12.3. The van der Waals surface area contributed by atoms with Gasteiger partial charge in [-0.25, -0.2) is 8.78 Å². The molecule has 106 valence electrons. The van der Waals surface area contributed by atoms with E-state index in [2.05, 4.69) is 15.9 Å². The first-order valence-corrected chi connectivity index (χ1v) is 6.76. The molecule has 1 atom stereocenters. The van der Waals surface area contributed by atoms with E-state index < -0.39 is 17.7 Å². The molecule has 0 spiro atoms. The number of methoxy groups -OCH3 is 1. The molecule has 2 aromatic rings. The summed E-state index contributed by atoms with van der Waals surface area (Å²) in [5.74, 6) is -0.543. The molecule has 1 unspecified atom stereocenters. The molecule has 2 aromatic carbocycles. The van der Waals surface area contributed by atoms with Gasteiger partial charge in [0.25, 0.3) is 0 Å². The first kappa shape index (κ1) is 14.9. The van der Waals surface area contributed by atoms with Gasteiger partial charge in [0.1, 0.15) is 17.4 Å². The minimum Gasteiger partial charge on any atom is -0.497 e. The van der Waals surface area contributed by atoms with Crippen molar-refractivity contribution in [2.75, 3.05) is 7.11 Å². The highest BCUT2D eigenvalue weighted by Gasteiger charge is 2.16. The van der Waals surface area contributed by atoms with Crippen molar-refractivity contribution in [3.63, 3.8) is 0 Å². The zero-order valence-electron chi connectivity index (χ0n) is 10.7. The summed E-state index contributed by atoms with van der Waals surface area (Å²) in [7, 11) is 1.56. The van der Waals surface area contributed by atoms with Crippen LogP contribution in [0.3, 0.4) is 0 Å². The topological polar surface area (TPSA) is 29.5 Å². The van der Waals surface area contributed by atoms with Gasteiger partial charge in [-0.2, -0.15) is 0 Å². The van der Waals surface area contributed by atoms with E-state index in [4.69, 9.17) is 4.74 Å². The summed E-state index contributed by atoms with van der Waals surface area (Å²) in [4.78, 5) is 0. The van der Waals surface area contributed by atoms with Crippen molar-refractivity contribution in [3.05, 3.63) is 63.6 Å². The maximum atomic E-state index is 13.7. The fraction of sp³-hybridized carbons (Fsp3) is 0.200. The van der Waals surface area contributed by atoms with Crippen LogP contribution in [0.25, 0.3) is 0 Å². The number of benzene rings is 2. The zero-order chi connectivity index (χ0) is 14.7. The molecule has 0 radical (unpaired) electrons. The third-order valence-electron chi connectivity index (χ3n) is 2.99. The smallest absolute Gasteiger partial charge is 0.137 e. The van der Waals surface area contributed by atoms with Crippen molar-refractivity contribution in [1.29, 1.82) is 0 Å². The molecular formula is C15H13BrF2O2. The summed E-state index contributed by atoms with van der Waals surface area (Å²) in [5.41, 5.74) is 0.752. The number of hydrogen-bond acceptors (Lipinski definition) is 2. The van der Waals surface area contributed by atoms with Gasteiger partial charge in [-0.05, 0) is 45.8 Å². The third-order valence-corrected chi connectivity index (χ3v) is 3.59. The van der Waals surface area contributed by atoms with Crippen LogP contribution < -0.4 is 4.74 Å². The Kier molecular flexibility index (Phi) is 4.73. The Labute approximate surface area is 124 Å². The van der Waals surface area contributed by atoms with Crippen LogP contribution in [0.2, 0.25) is 0 Å². The second-order valence-corrected chi connectivity index (χ2v) is 5.21. The highest BCUT2D eigenvalue weighted by Crippen LogP contribution is 2.26. The number of rotatable bonds is 4. The molecule has 0 aliphatic heterocycles. The molecule has 1 N–H and O–H groups in total. The molecule has 0 bridgehead atoms. The maximum absolute atomic E-state index is 13.7. The van der Waals surface area contributed by atoms with Gasteiger partial charge in [0, 0.05) is 12.0 Å². The number of hydrogen-bond donors (Lipinski definition) is 1. The first-order valence-electron chi connectivity index (χ1n) is 5.96. The van der Waals surface area contributed by atoms with E-state index in [1.165, 1.54) is 0 Å². The van der Waals surface area contributed by atoms with Crippen molar-refractivity contribution in [3.8, 4) is 5.75 Å². The van der Waals surface area contributed by atoms with Gasteiger partial charge in [0.2, 0.25) is 0 Å². The summed E-state index contributed by atoms with van der Waals surface area (Å²) in [5, 5.41) is 10.0. The normalized spacial score (nSPS) is 12.2. The first-order chi connectivity index (χ1) is 9.51. The highest BCUT2D eigenvalue weighted by molar-refractivity contribution is 9.10. The molecular weight excluding hydrogens is 330 g/mol. The lowest BCUT2D eigenvalue weighted by Gasteiger charge is -2.13. The van der Waals surface area contributed by atoms with E-state index in [0.717, 1.165) is 17.7 Å². The lowest BCUT2D eigenvalue weighted by molar-refractivity contribution is 0.173. The third kappa shape index (κ3) is 3.35. The van der Waals surface area contributed by atoms with E-state index in [1.807, 2.05) is 0 Å². The summed E-state index contributed by atoms with van der Waals surface area (Å²) in [6.45, 7) is 0.